The SMILES string of the molecule is CCCCCCCCCCCCC(=O)OC[C@H](CO[C@@H]1O[C@H](CO)[C@H](O)C(O)C1O)OC(=O)CCCCCCCCC. The second kappa shape index (κ2) is 25.1. The van der Waals surface area contributed by atoms with Crippen molar-refractivity contribution in [2.45, 2.75) is 173 Å². The normalized spacial score (nSPS) is 23.0. The van der Waals surface area contributed by atoms with Crippen molar-refractivity contribution in [1.29, 1.82) is 0 Å². The lowest BCUT2D eigenvalue weighted by molar-refractivity contribution is -0.305. The standard InChI is InChI=1S/C32H60O10/c1-3-5-7-9-11-12-13-15-16-18-20-27(34)39-23-25(41-28(35)21-19-17-14-10-8-6-4-2)24-40-32-31(38)30(37)29(36)26(22-33)42-32/h25-26,29-33,36-38H,3-24H2,1-2H3/t25-,26-,29+,30?,31?,32-/m1/s1. The first kappa shape index (κ1) is 38.7. The van der Waals surface area contributed by atoms with Gasteiger partial charge in [-0.1, -0.05) is 110 Å². The first-order valence-corrected chi connectivity index (χ1v) is 16.6. The van der Waals surface area contributed by atoms with Crippen LogP contribution < -0.4 is 0 Å². The van der Waals surface area contributed by atoms with Crippen molar-refractivity contribution >= 4 is 11.9 Å². The highest BCUT2D eigenvalue weighted by Crippen LogP contribution is 2.22. The molecule has 0 aromatic carbocycles. The van der Waals surface area contributed by atoms with Crippen LogP contribution in [0.5, 0.6) is 0 Å². The summed E-state index contributed by atoms with van der Waals surface area (Å²) in [6, 6.07) is 0. The van der Waals surface area contributed by atoms with Crippen LogP contribution in [0.25, 0.3) is 0 Å². The molecule has 1 rings (SSSR count). The second-order valence-electron chi connectivity index (χ2n) is 11.6. The molecule has 6 atom stereocenters. The third-order valence-electron chi connectivity index (χ3n) is 7.74. The molecule has 0 aromatic rings. The third-order valence-corrected chi connectivity index (χ3v) is 7.74. The summed E-state index contributed by atoms with van der Waals surface area (Å²) in [7, 11) is 0. The van der Waals surface area contributed by atoms with E-state index in [0.29, 0.717) is 6.42 Å². The molecule has 0 bridgehead atoms. The average Bonchev–Trinajstić information content (AvgIpc) is 2.98. The number of hydrogen-bond acceptors (Lipinski definition) is 10. The number of carbonyl (C=O) groups excluding carboxylic acids is 2. The summed E-state index contributed by atoms with van der Waals surface area (Å²) in [5.41, 5.74) is 0. The van der Waals surface area contributed by atoms with E-state index in [1.807, 2.05) is 0 Å². The minimum absolute atomic E-state index is 0.212. The first-order valence-electron chi connectivity index (χ1n) is 16.6. The Morgan fingerprint density at radius 2 is 1.12 bits per heavy atom. The van der Waals surface area contributed by atoms with Crippen LogP contribution in [-0.2, 0) is 28.5 Å². The predicted molar refractivity (Wildman–Crippen MR) is 160 cm³/mol. The Morgan fingerprint density at radius 1 is 0.643 bits per heavy atom. The van der Waals surface area contributed by atoms with E-state index in [1.165, 1.54) is 64.2 Å². The Kier molecular flexibility index (Phi) is 23.1. The van der Waals surface area contributed by atoms with Gasteiger partial charge in [0.05, 0.1) is 13.2 Å². The van der Waals surface area contributed by atoms with E-state index in [0.717, 1.165) is 38.5 Å². The highest BCUT2D eigenvalue weighted by atomic mass is 16.7. The number of hydrogen-bond donors (Lipinski definition) is 4. The molecular weight excluding hydrogens is 544 g/mol. The Balaban J connectivity index is 2.46. The lowest BCUT2D eigenvalue weighted by atomic mass is 9.99. The Bertz CT molecular complexity index is 674. The van der Waals surface area contributed by atoms with Gasteiger partial charge in [-0.2, -0.15) is 0 Å². The summed E-state index contributed by atoms with van der Waals surface area (Å²) in [6.45, 7) is 3.32. The molecule has 1 aliphatic heterocycles. The summed E-state index contributed by atoms with van der Waals surface area (Å²) in [6.07, 6.45) is 11.5. The first-order chi connectivity index (χ1) is 20.3. The van der Waals surface area contributed by atoms with Gasteiger partial charge in [0.2, 0.25) is 0 Å². The maximum atomic E-state index is 12.5. The van der Waals surface area contributed by atoms with Crippen LogP contribution in [0, 0.1) is 0 Å². The fraction of sp³-hybridized carbons (Fsp3) is 0.938. The zero-order valence-corrected chi connectivity index (χ0v) is 26.3. The van der Waals surface area contributed by atoms with Gasteiger partial charge in [-0.15, -0.1) is 0 Å². The lowest BCUT2D eigenvalue weighted by Crippen LogP contribution is -2.59. The molecule has 4 N–H and O–H groups in total. The van der Waals surface area contributed by atoms with E-state index < -0.39 is 49.4 Å². The molecule has 0 aliphatic carbocycles. The summed E-state index contributed by atoms with van der Waals surface area (Å²) in [4.78, 5) is 24.9. The average molecular weight is 605 g/mol. The van der Waals surface area contributed by atoms with Crippen LogP contribution >= 0.6 is 0 Å². The number of aliphatic hydroxyl groups is 4. The molecule has 10 heteroatoms. The van der Waals surface area contributed by atoms with Gasteiger partial charge >= 0.3 is 11.9 Å². The number of rotatable bonds is 26. The highest BCUT2D eigenvalue weighted by Gasteiger charge is 2.44. The smallest absolute Gasteiger partial charge is 0.306 e. The third kappa shape index (κ3) is 17.7. The van der Waals surface area contributed by atoms with Gasteiger partial charge in [0, 0.05) is 12.8 Å². The van der Waals surface area contributed by atoms with Crippen molar-refractivity contribution in [2.75, 3.05) is 19.8 Å². The van der Waals surface area contributed by atoms with Crippen molar-refractivity contribution in [3.8, 4) is 0 Å². The molecule has 10 nitrogen and oxygen atoms in total. The molecule has 2 unspecified atom stereocenters. The lowest BCUT2D eigenvalue weighted by Gasteiger charge is -2.39. The van der Waals surface area contributed by atoms with Crippen LogP contribution in [0.3, 0.4) is 0 Å². The molecule has 0 radical (unpaired) electrons. The zero-order valence-electron chi connectivity index (χ0n) is 26.3. The number of unbranched alkanes of at least 4 members (excludes halogenated alkanes) is 15. The summed E-state index contributed by atoms with van der Waals surface area (Å²) >= 11 is 0. The number of carbonyl (C=O) groups is 2. The molecule has 0 amide bonds. The van der Waals surface area contributed by atoms with Crippen LogP contribution in [0.1, 0.15) is 136 Å². The monoisotopic (exact) mass is 604 g/mol. The van der Waals surface area contributed by atoms with Gasteiger partial charge < -0.3 is 39.4 Å². The van der Waals surface area contributed by atoms with E-state index >= 15 is 0 Å². The molecule has 0 saturated carbocycles. The van der Waals surface area contributed by atoms with E-state index in [9.17, 15) is 30.0 Å². The highest BCUT2D eigenvalue weighted by molar-refractivity contribution is 5.70. The number of ether oxygens (including phenoxy) is 4. The van der Waals surface area contributed by atoms with E-state index in [1.54, 1.807) is 0 Å². The zero-order chi connectivity index (χ0) is 31.0. The largest absolute Gasteiger partial charge is 0.462 e. The van der Waals surface area contributed by atoms with Crippen molar-refractivity contribution in [3.63, 3.8) is 0 Å². The van der Waals surface area contributed by atoms with E-state index in [2.05, 4.69) is 13.8 Å². The molecule has 1 fully saturated rings. The quantitative estimate of drug-likeness (QED) is 0.0807. The second-order valence-corrected chi connectivity index (χ2v) is 11.6. The van der Waals surface area contributed by atoms with Crippen molar-refractivity contribution in [2.24, 2.45) is 0 Å². The van der Waals surface area contributed by atoms with Gasteiger partial charge in [0.1, 0.15) is 31.0 Å². The fourth-order valence-electron chi connectivity index (χ4n) is 5.01. The van der Waals surface area contributed by atoms with E-state index in [4.69, 9.17) is 18.9 Å². The molecule has 248 valence electrons. The summed E-state index contributed by atoms with van der Waals surface area (Å²) < 4.78 is 21.9. The molecule has 1 heterocycles. The fourth-order valence-corrected chi connectivity index (χ4v) is 5.01. The van der Waals surface area contributed by atoms with Crippen LogP contribution in [0.15, 0.2) is 0 Å². The van der Waals surface area contributed by atoms with Gasteiger partial charge in [-0.25, -0.2) is 0 Å². The van der Waals surface area contributed by atoms with Gasteiger partial charge in [-0.05, 0) is 12.8 Å². The van der Waals surface area contributed by atoms with E-state index in [-0.39, 0.29) is 32.0 Å². The summed E-state index contributed by atoms with van der Waals surface area (Å²) in [5, 5.41) is 39.6. The predicted octanol–water partition coefficient (Wildman–Crippen LogP) is 4.71. The van der Waals surface area contributed by atoms with Gasteiger partial charge in [-0.3, -0.25) is 9.59 Å². The maximum absolute atomic E-state index is 12.5. The number of esters is 2. The Labute approximate surface area is 253 Å². The molecule has 0 aromatic heterocycles. The minimum Gasteiger partial charge on any atom is -0.462 e. The van der Waals surface area contributed by atoms with Crippen molar-refractivity contribution in [3.05, 3.63) is 0 Å². The maximum Gasteiger partial charge on any atom is 0.306 e. The van der Waals surface area contributed by atoms with Crippen LogP contribution in [-0.4, -0.2) is 89.0 Å². The Morgan fingerprint density at radius 3 is 1.62 bits per heavy atom. The van der Waals surface area contributed by atoms with Crippen LogP contribution in [0.4, 0.5) is 0 Å². The van der Waals surface area contributed by atoms with Gasteiger partial charge in [0.15, 0.2) is 12.4 Å². The molecular formula is C32H60O10. The summed E-state index contributed by atoms with van der Waals surface area (Å²) in [5.74, 6) is -0.813. The molecule has 0 spiro atoms. The van der Waals surface area contributed by atoms with Crippen molar-refractivity contribution in [1.82, 2.24) is 0 Å². The minimum atomic E-state index is -1.59. The van der Waals surface area contributed by atoms with Crippen molar-refractivity contribution < 1.29 is 49.0 Å². The topological polar surface area (TPSA) is 152 Å². The Hall–Kier alpha value is -1.30. The molecule has 1 saturated heterocycles. The molecule has 42 heavy (non-hydrogen) atoms. The van der Waals surface area contributed by atoms with Gasteiger partial charge in [0.25, 0.3) is 0 Å². The number of aliphatic hydroxyl groups excluding tert-OH is 4. The molecule has 1 aliphatic rings. The van der Waals surface area contributed by atoms with Crippen LogP contribution in [0.2, 0.25) is 0 Å².